The minimum Gasteiger partial charge on any atom is -0.315 e. The topological polar surface area (TPSA) is 32.3 Å². The van der Waals surface area contributed by atoms with E-state index in [1.54, 1.807) is 0 Å². The number of aryl methyl sites for hydroxylation is 1. The zero-order valence-corrected chi connectivity index (χ0v) is 12.7. The molecule has 1 aromatic rings. The van der Waals surface area contributed by atoms with Crippen molar-refractivity contribution in [3.8, 4) is 0 Å². The summed E-state index contributed by atoms with van der Waals surface area (Å²) in [6, 6.07) is 8.87. The monoisotopic (exact) mass is 274 g/mol. The van der Waals surface area contributed by atoms with Crippen molar-refractivity contribution < 1.29 is 4.79 Å². The maximum absolute atomic E-state index is 12.3. The van der Waals surface area contributed by atoms with Gasteiger partial charge in [0.15, 0.2) is 0 Å². The molecule has 0 fully saturated rings. The molecule has 1 aliphatic heterocycles. The van der Waals surface area contributed by atoms with Gasteiger partial charge in [-0.1, -0.05) is 25.1 Å². The van der Waals surface area contributed by atoms with Crippen LogP contribution in [0.25, 0.3) is 0 Å². The SMILES string of the molecule is CCNC(C)CCCN1C(=O)CCCc2ccccc21. The Hall–Kier alpha value is -1.35. The zero-order chi connectivity index (χ0) is 14.4. The summed E-state index contributed by atoms with van der Waals surface area (Å²) >= 11 is 0. The summed E-state index contributed by atoms with van der Waals surface area (Å²) in [7, 11) is 0. The lowest BCUT2D eigenvalue weighted by atomic mass is 10.1. The molecule has 0 saturated carbocycles. The minimum absolute atomic E-state index is 0.283. The zero-order valence-electron chi connectivity index (χ0n) is 12.7. The molecular weight excluding hydrogens is 248 g/mol. The van der Waals surface area contributed by atoms with E-state index in [4.69, 9.17) is 0 Å². The standard InChI is InChI=1S/C17H26N2O/c1-3-18-14(2)8-7-13-19-16-11-5-4-9-15(16)10-6-12-17(19)20/h4-5,9,11,14,18H,3,6-8,10,12-13H2,1-2H3. The highest BCUT2D eigenvalue weighted by atomic mass is 16.2. The van der Waals surface area contributed by atoms with Crippen LogP contribution >= 0.6 is 0 Å². The van der Waals surface area contributed by atoms with E-state index in [-0.39, 0.29) is 5.91 Å². The van der Waals surface area contributed by atoms with E-state index in [1.807, 2.05) is 11.0 Å². The second-order valence-electron chi connectivity index (χ2n) is 5.63. The van der Waals surface area contributed by atoms with E-state index in [2.05, 4.69) is 37.4 Å². The van der Waals surface area contributed by atoms with Gasteiger partial charge in [-0.3, -0.25) is 4.79 Å². The van der Waals surface area contributed by atoms with E-state index in [9.17, 15) is 4.79 Å². The third kappa shape index (κ3) is 3.83. The summed E-state index contributed by atoms with van der Waals surface area (Å²) in [4.78, 5) is 14.3. The predicted octanol–water partition coefficient (Wildman–Crippen LogP) is 3.13. The van der Waals surface area contributed by atoms with Crippen molar-refractivity contribution >= 4 is 11.6 Å². The van der Waals surface area contributed by atoms with Crippen LogP contribution in [0.5, 0.6) is 0 Å². The number of fused-ring (bicyclic) bond motifs is 1. The number of nitrogens with zero attached hydrogens (tertiary/aromatic N) is 1. The molecule has 1 atom stereocenters. The van der Waals surface area contributed by atoms with E-state index in [0.717, 1.165) is 44.5 Å². The number of carbonyl (C=O) groups excluding carboxylic acids is 1. The summed E-state index contributed by atoms with van der Waals surface area (Å²) in [5, 5.41) is 3.42. The fourth-order valence-electron chi connectivity index (χ4n) is 2.94. The van der Waals surface area contributed by atoms with Crippen LogP contribution in [0.15, 0.2) is 24.3 Å². The number of amides is 1. The molecule has 0 bridgehead atoms. The van der Waals surface area contributed by atoms with E-state index in [1.165, 1.54) is 5.56 Å². The first-order chi connectivity index (χ1) is 9.72. The van der Waals surface area contributed by atoms with Gasteiger partial charge in [-0.2, -0.15) is 0 Å². The van der Waals surface area contributed by atoms with Crippen molar-refractivity contribution in [3.05, 3.63) is 29.8 Å². The molecule has 1 heterocycles. The number of hydrogen-bond donors (Lipinski definition) is 1. The van der Waals surface area contributed by atoms with Crippen molar-refractivity contribution in [1.82, 2.24) is 5.32 Å². The van der Waals surface area contributed by atoms with Gasteiger partial charge in [0, 0.05) is 24.7 Å². The summed E-state index contributed by atoms with van der Waals surface area (Å²) in [5.74, 6) is 0.283. The molecule has 1 aromatic carbocycles. The summed E-state index contributed by atoms with van der Waals surface area (Å²) in [5.41, 5.74) is 2.45. The minimum atomic E-state index is 0.283. The highest BCUT2D eigenvalue weighted by Gasteiger charge is 2.21. The van der Waals surface area contributed by atoms with Crippen molar-refractivity contribution in [2.45, 2.75) is 52.0 Å². The molecule has 0 spiro atoms. The number of para-hydroxylation sites is 1. The van der Waals surface area contributed by atoms with Crippen molar-refractivity contribution in [2.24, 2.45) is 0 Å². The summed E-state index contributed by atoms with van der Waals surface area (Å²) in [6.07, 6.45) is 4.83. The molecule has 1 aliphatic rings. The molecule has 3 nitrogen and oxygen atoms in total. The molecule has 0 saturated heterocycles. The summed E-state index contributed by atoms with van der Waals surface area (Å²) in [6.45, 7) is 6.19. The normalized spacial score (nSPS) is 16.7. The fraction of sp³-hybridized carbons (Fsp3) is 0.588. The molecule has 0 aliphatic carbocycles. The van der Waals surface area contributed by atoms with Gasteiger partial charge in [0.2, 0.25) is 5.91 Å². The maximum Gasteiger partial charge on any atom is 0.226 e. The lowest BCUT2D eigenvalue weighted by molar-refractivity contribution is -0.118. The van der Waals surface area contributed by atoms with E-state index >= 15 is 0 Å². The van der Waals surface area contributed by atoms with Crippen LogP contribution in [0.3, 0.4) is 0 Å². The number of rotatable bonds is 6. The molecule has 110 valence electrons. The number of nitrogens with one attached hydrogen (secondary N) is 1. The highest BCUT2D eigenvalue weighted by molar-refractivity contribution is 5.94. The average molecular weight is 274 g/mol. The molecular formula is C17H26N2O. The van der Waals surface area contributed by atoms with Crippen LogP contribution in [0, 0.1) is 0 Å². The maximum atomic E-state index is 12.3. The first kappa shape index (κ1) is 15.0. The average Bonchev–Trinajstić information content (AvgIpc) is 2.59. The van der Waals surface area contributed by atoms with Gasteiger partial charge in [0.05, 0.1) is 0 Å². The molecule has 1 amide bonds. The molecule has 3 heteroatoms. The van der Waals surface area contributed by atoms with E-state index in [0.29, 0.717) is 12.5 Å². The van der Waals surface area contributed by atoms with Crippen LogP contribution in [-0.4, -0.2) is 25.0 Å². The Bertz CT molecular complexity index is 444. The summed E-state index contributed by atoms with van der Waals surface area (Å²) < 4.78 is 0. The Morgan fingerprint density at radius 2 is 2.10 bits per heavy atom. The number of hydrogen-bond acceptors (Lipinski definition) is 2. The van der Waals surface area contributed by atoms with Gasteiger partial charge < -0.3 is 10.2 Å². The van der Waals surface area contributed by atoms with Gasteiger partial charge in [0.1, 0.15) is 0 Å². The third-order valence-electron chi connectivity index (χ3n) is 3.99. The molecule has 1 N–H and O–H groups in total. The van der Waals surface area contributed by atoms with Crippen LogP contribution in [0.4, 0.5) is 5.69 Å². The predicted molar refractivity (Wildman–Crippen MR) is 84.1 cm³/mol. The van der Waals surface area contributed by atoms with Gasteiger partial charge in [-0.05, 0) is 50.8 Å². The quantitative estimate of drug-likeness (QED) is 0.864. The van der Waals surface area contributed by atoms with Crippen LogP contribution in [0.2, 0.25) is 0 Å². The first-order valence-electron chi connectivity index (χ1n) is 7.84. The molecule has 0 radical (unpaired) electrons. The Morgan fingerprint density at radius 3 is 2.90 bits per heavy atom. The molecule has 2 rings (SSSR count). The Balaban J connectivity index is 2.00. The third-order valence-corrected chi connectivity index (χ3v) is 3.99. The van der Waals surface area contributed by atoms with Crippen molar-refractivity contribution in [2.75, 3.05) is 18.0 Å². The van der Waals surface area contributed by atoms with Gasteiger partial charge in [0.25, 0.3) is 0 Å². The van der Waals surface area contributed by atoms with Crippen LogP contribution < -0.4 is 10.2 Å². The van der Waals surface area contributed by atoms with Gasteiger partial charge >= 0.3 is 0 Å². The van der Waals surface area contributed by atoms with Crippen molar-refractivity contribution in [1.29, 1.82) is 0 Å². The molecule has 0 aromatic heterocycles. The van der Waals surface area contributed by atoms with Gasteiger partial charge in [-0.15, -0.1) is 0 Å². The first-order valence-corrected chi connectivity index (χ1v) is 7.84. The van der Waals surface area contributed by atoms with E-state index < -0.39 is 0 Å². The van der Waals surface area contributed by atoms with Crippen molar-refractivity contribution in [3.63, 3.8) is 0 Å². The second-order valence-corrected chi connectivity index (χ2v) is 5.63. The Labute approximate surface area is 122 Å². The molecule has 1 unspecified atom stereocenters. The second kappa shape index (κ2) is 7.44. The number of benzene rings is 1. The highest BCUT2D eigenvalue weighted by Crippen LogP contribution is 2.27. The largest absolute Gasteiger partial charge is 0.315 e. The Morgan fingerprint density at radius 1 is 1.30 bits per heavy atom. The lowest BCUT2D eigenvalue weighted by Crippen LogP contribution is -2.33. The fourth-order valence-corrected chi connectivity index (χ4v) is 2.94. The van der Waals surface area contributed by atoms with Crippen LogP contribution in [-0.2, 0) is 11.2 Å². The van der Waals surface area contributed by atoms with Gasteiger partial charge in [-0.25, -0.2) is 0 Å². The van der Waals surface area contributed by atoms with Crippen LogP contribution in [0.1, 0.15) is 45.1 Å². The molecule has 20 heavy (non-hydrogen) atoms. The lowest BCUT2D eigenvalue weighted by Gasteiger charge is -2.24. The smallest absolute Gasteiger partial charge is 0.226 e. The number of anilines is 1. The number of carbonyl (C=O) groups is 1. The Kier molecular flexibility index (Phi) is 5.60.